The molecule has 0 atom stereocenters. The summed E-state index contributed by atoms with van der Waals surface area (Å²) < 4.78 is 10.5. The first-order valence-corrected chi connectivity index (χ1v) is 7.47. The number of carbonyl (C=O) groups is 2. The molecule has 0 aliphatic heterocycles. The third-order valence-electron chi connectivity index (χ3n) is 3.21. The highest BCUT2D eigenvalue weighted by molar-refractivity contribution is 5.94. The van der Waals surface area contributed by atoms with Gasteiger partial charge in [-0.2, -0.15) is 0 Å². The zero-order valence-electron chi connectivity index (χ0n) is 13.7. The second-order valence-corrected chi connectivity index (χ2v) is 5.13. The van der Waals surface area contributed by atoms with Crippen molar-refractivity contribution in [3.8, 4) is 11.5 Å². The third-order valence-corrected chi connectivity index (χ3v) is 3.21. The quantitative estimate of drug-likeness (QED) is 0.816. The first kappa shape index (κ1) is 17.3. The minimum atomic E-state index is -0.389. The van der Waals surface area contributed by atoms with Gasteiger partial charge in [-0.1, -0.05) is 29.8 Å². The molecule has 0 aliphatic rings. The largest absolute Gasteiger partial charge is 0.493 e. The molecule has 2 aromatic rings. The van der Waals surface area contributed by atoms with Crippen molar-refractivity contribution in [2.24, 2.45) is 0 Å². The second kappa shape index (κ2) is 8.57. The van der Waals surface area contributed by atoms with Gasteiger partial charge in [0.2, 0.25) is 5.91 Å². The lowest BCUT2D eigenvalue weighted by Crippen LogP contribution is -2.35. The Morgan fingerprint density at radius 2 is 1.62 bits per heavy atom. The zero-order chi connectivity index (χ0) is 17.4. The highest BCUT2D eigenvalue weighted by atomic mass is 16.5. The Bertz CT molecular complexity index is 698. The van der Waals surface area contributed by atoms with Crippen molar-refractivity contribution in [1.82, 2.24) is 5.32 Å². The molecule has 2 amide bonds. The van der Waals surface area contributed by atoms with Gasteiger partial charge in [0.1, 0.15) is 0 Å². The number of nitrogens with one attached hydrogen (secondary N) is 2. The van der Waals surface area contributed by atoms with Crippen LogP contribution >= 0.6 is 0 Å². The van der Waals surface area contributed by atoms with Crippen molar-refractivity contribution in [3.63, 3.8) is 0 Å². The van der Waals surface area contributed by atoms with Crippen LogP contribution < -0.4 is 20.1 Å². The van der Waals surface area contributed by atoms with Gasteiger partial charge in [-0.3, -0.25) is 9.59 Å². The fourth-order valence-electron chi connectivity index (χ4n) is 1.95. The lowest BCUT2D eigenvalue weighted by molar-refractivity contribution is -0.125. The molecule has 0 radical (unpaired) electrons. The predicted octanol–water partition coefficient (Wildman–Crippen LogP) is 2.14. The molecule has 2 aromatic carbocycles. The van der Waals surface area contributed by atoms with Gasteiger partial charge in [0.25, 0.3) is 5.91 Å². The van der Waals surface area contributed by atoms with Gasteiger partial charge < -0.3 is 20.1 Å². The molecule has 2 N–H and O–H groups in total. The standard InChI is InChI=1S/C18H20N2O4/c1-13-7-9-14(10-8-13)20-17(21)11-19-18(22)12-24-16-6-4-3-5-15(16)23-2/h3-10H,11-12H2,1-2H3,(H,19,22)(H,20,21). The van der Waals surface area contributed by atoms with Crippen molar-refractivity contribution in [2.45, 2.75) is 6.92 Å². The van der Waals surface area contributed by atoms with Crippen LogP contribution in [0, 0.1) is 6.92 Å². The summed E-state index contributed by atoms with van der Waals surface area (Å²) in [6.07, 6.45) is 0. The fourth-order valence-corrected chi connectivity index (χ4v) is 1.95. The van der Waals surface area contributed by atoms with Crippen LogP contribution in [0.1, 0.15) is 5.56 Å². The molecule has 126 valence electrons. The van der Waals surface area contributed by atoms with Crippen molar-refractivity contribution in [2.75, 3.05) is 25.6 Å². The number of ether oxygens (including phenoxy) is 2. The van der Waals surface area contributed by atoms with Gasteiger partial charge >= 0.3 is 0 Å². The van der Waals surface area contributed by atoms with Gasteiger partial charge in [0, 0.05) is 5.69 Å². The number of methoxy groups -OCH3 is 1. The maximum atomic E-state index is 11.8. The molecule has 0 unspecified atom stereocenters. The monoisotopic (exact) mass is 328 g/mol. The first-order chi connectivity index (χ1) is 11.6. The average Bonchev–Trinajstić information content (AvgIpc) is 2.60. The first-order valence-electron chi connectivity index (χ1n) is 7.47. The third kappa shape index (κ3) is 5.31. The number of para-hydroxylation sites is 2. The highest BCUT2D eigenvalue weighted by Gasteiger charge is 2.09. The van der Waals surface area contributed by atoms with Crippen LogP contribution in [0.4, 0.5) is 5.69 Å². The normalized spacial score (nSPS) is 9.92. The Kier molecular flexibility index (Phi) is 6.19. The molecule has 2 rings (SSSR count). The van der Waals surface area contributed by atoms with Crippen LogP contribution in [-0.2, 0) is 9.59 Å². The molecular weight excluding hydrogens is 308 g/mol. The molecule has 6 heteroatoms. The Morgan fingerprint density at radius 1 is 0.958 bits per heavy atom. The van der Waals surface area contributed by atoms with E-state index in [0.717, 1.165) is 5.56 Å². The number of hydrogen-bond acceptors (Lipinski definition) is 4. The predicted molar refractivity (Wildman–Crippen MR) is 91.3 cm³/mol. The van der Waals surface area contributed by atoms with Gasteiger partial charge in [-0.25, -0.2) is 0 Å². The fraction of sp³-hybridized carbons (Fsp3) is 0.222. The number of rotatable bonds is 7. The molecule has 24 heavy (non-hydrogen) atoms. The minimum Gasteiger partial charge on any atom is -0.493 e. The van der Waals surface area contributed by atoms with Crippen LogP contribution in [0.15, 0.2) is 48.5 Å². The van der Waals surface area contributed by atoms with Crippen LogP contribution in [0.5, 0.6) is 11.5 Å². The summed E-state index contributed by atoms with van der Waals surface area (Å²) in [6.45, 7) is 1.65. The lowest BCUT2D eigenvalue weighted by atomic mass is 10.2. The van der Waals surface area contributed by atoms with Gasteiger partial charge in [-0.15, -0.1) is 0 Å². The average molecular weight is 328 g/mol. The summed E-state index contributed by atoms with van der Waals surface area (Å²) >= 11 is 0. The number of hydrogen-bond donors (Lipinski definition) is 2. The number of carbonyl (C=O) groups excluding carboxylic acids is 2. The van der Waals surface area contributed by atoms with E-state index in [-0.39, 0.29) is 25.0 Å². The van der Waals surface area contributed by atoms with Crippen LogP contribution in [0.2, 0.25) is 0 Å². The molecule has 0 bridgehead atoms. The molecule has 0 aromatic heterocycles. The van der Waals surface area contributed by atoms with Gasteiger partial charge in [0.15, 0.2) is 18.1 Å². The molecule has 0 saturated carbocycles. The molecule has 0 saturated heterocycles. The van der Waals surface area contributed by atoms with Crippen molar-refractivity contribution >= 4 is 17.5 Å². The smallest absolute Gasteiger partial charge is 0.258 e. The van der Waals surface area contributed by atoms with E-state index < -0.39 is 0 Å². The summed E-state index contributed by atoms with van der Waals surface area (Å²) in [7, 11) is 1.53. The van der Waals surface area contributed by atoms with E-state index in [4.69, 9.17) is 9.47 Å². The van der Waals surface area contributed by atoms with Crippen molar-refractivity contribution in [3.05, 3.63) is 54.1 Å². The summed E-state index contributed by atoms with van der Waals surface area (Å²) in [4.78, 5) is 23.6. The summed E-state index contributed by atoms with van der Waals surface area (Å²) in [6, 6.07) is 14.4. The SMILES string of the molecule is COc1ccccc1OCC(=O)NCC(=O)Nc1ccc(C)cc1. The van der Waals surface area contributed by atoms with E-state index in [1.807, 2.05) is 19.1 Å². The maximum Gasteiger partial charge on any atom is 0.258 e. The number of anilines is 1. The zero-order valence-corrected chi connectivity index (χ0v) is 13.7. The van der Waals surface area contributed by atoms with Crippen molar-refractivity contribution in [1.29, 1.82) is 0 Å². The Hall–Kier alpha value is -3.02. The number of benzene rings is 2. The maximum absolute atomic E-state index is 11.8. The van der Waals surface area contributed by atoms with E-state index in [0.29, 0.717) is 17.2 Å². The van der Waals surface area contributed by atoms with Crippen LogP contribution in [0.25, 0.3) is 0 Å². The Balaban J connectivity index is 1.74. The van der Waals surface area contributed by atoms with Gasteiger partial charge in [0.05, 0.1) is 13.7 Å². The van der Waals surface area contributed by atoms with Crippen LogP contribution in [0.3, 0.4) is 0 Å². The van der Waals surface area contributed by atoms with E-state index in [2.05, 4.69) is 10.6 Å². The molecule has 0 fully saturated rings. The van der Waals surface area contributed by atoms with E-state index >= 15 is 0 Å². The molecule has 0 spiro atoms. The Labute approximate surface area is 140 Å². The second-order valence-electron chi connectivity index (χ2n) is 5.13. The minimum absolute atomic E-state index is 0.123. The number of aryl methyl sites for hydroxylation is 1. The van der Waals surface area contributed by atoms with E-state index in [9.17, 15) is 9.59 Å². The Morgan fingerprint density at radius 3 is 2.29 bits per heavy atom. The van der Waals surface area contributed by atoms with Gasteiger partial charge in [-0.05, 0) is 31.2 Å². The number of amides is 2. The summed E-state index contributed by atoms with van der Waals surface area (Å²) in [5, 5.41) is 5.21. The topological polar surface area (TPSA) is 76.7 Å². The molecular formula is C18H20N2O4. The molecule has 0 heterocycles. The van der Waals surface area contributed by atoms with Crippen LogP contribution in [-0.4, -0.2) is 32.1 Å². The van der Waals surface area contributed by atoms with Crippen molar-refractivity contribution < 1.29 is 19.1 Å². The molecule has 0 aliphatic carbocycles. The van der Waals surface area contributed by atoms with E-state index in [1.165, 1.54) is 7.11 Å². The summed E-state index contributed by atoms with van der Waals surface area (Å²) in [5.41, 5.74) is 1.79. The summed E-state index contributed by atoms with van der Waals surface area (Å²) in [5.74, 6) is 0.325. The van der Waals surface area contributed by atoms with E-state index in [1.54, 1.807) is 36.4 Å². The molecule has 6 nitrogen and oxygen atoms in total. The lowest BCUT2D eigenvalue weighted by Gasteiger charge is -2.10. The highest BCUT2D eigenvalue weighted by Crippen LogP contribution is 2.25.